The first-order valence-electron chi connectivity index (χ1n) is 14.8. The van der Waals surface area contributed by atoms with Gasteiger partial charge in [0.15, 0.2) is 0 Å². The Morgan fingerprint density at radius 2 is 1.12 bits per heavy atom. The number of imidazole rings is 1. The molecule has 204 valence electrons. The summed E-state index contributed by atoms with van der Waals surface area (Å²) in [5.41, 5.74) is 10.5. The number of aryl methyl sites for hydroxylation is 1. The first-order valence-corrected chi connectivity index (χ1v) is 14.8. The number of rotatable bonds is 5. The average Bonchev–Trinajstić information content (AvgIpc) is 3.46. The third-order valence-electron chi connectivity index (χ3n) is 8.42. The molecule has 0 atom stereocenters. The van der Waals surface area contributed by atoms with Crippen molar-refractivity contribution in [1.29, 1.82) is 0 Å². The molecular formula is C40H29N3. The predicted octanol–water partition coefficient (Wildman–Crippen LogP) is 10.3. The van der Waals surface area contributed by atoms with Crippen molar-refractivity contribution in [3.63, 3.8) is 0 Å². The van der Waals surface area contributed by atoms with Gasteiger partial charge in [0, 0.05) is 30.1 Å². The molecule has 0 saturated heterocycles. The third-order valence-corrected chi connectivity index (χ3v) is 8.42. The van der Waals surface area contributed by atoms with E-state index in [1.54, 1.807) is 0 Å². The molecule has 8 rings (SSSR count). The Labute approximate surface area is 250 Å². The summed E-state index contributed by atoms with van der Waals surface area (Å²) in [4.78, 5) is 9.30. The van der Waals surface area contributed by atoms with Crippen molar-refractivity contribution in [2.75, 3.05) is 0 Å². The molecule has 0 radical (unpaired) electrons. The normalized spacial score (nSPS) is 11.5. The molecule has 2 aromatic heterocycles. The Morgan fingerprint density at radius 3 is 1.77 bits per heavy atom. The van der Waals surface area contributed by atoms with Gasteiger partial charge in [-0.05, 0) is 85.8 Å². The van der Waals surface area contributed by atoms with Crippen LogP contribution in [-0.4, -0.2) is 14.5 Å². The molecule has 0 unspecified atom stereocenters. The zero-order chi connectivity index (χ0) is 28.8. The number of nitrogens with zero attached hydrogens (tertiary/aromatic N) is 3. The van der Waals surface area contributed by atoms with E-state index in [2.05, 4.69) is 144 Å². The van der Waals surface area contributed by atoms with Crippen molar-refractivity contribution in [2.45, 2.75) is 13.3 Å². The van der Waals surface area contributed by atoms with E-state index >= 15 is 0 Å². The lowest BCUT2D eigenvalue weighted by molar-refractivity contribution is 0.908. The monoisotopic (exact) mass is 551 g/mol. The maximum Gasteiger partial charge on any atom is 0.114 e. The number of para-hydroxylation sites is 2. The molecule has 0 aliphatic heterocycles. The van der Waals surface area contributed by atoms with Crippen molar-refractivity contribution >= 4 is 32.6 Å². The SMILES string of the molecule is CCc1nc2ccccc2n1-c1cccc(-c2c3ccccc3c(-c3cccc(-c4cccnc4)c3)c3ccccc23)c1. The molecule has 0 bridgehead atoms. The summed E-state index contributed by atoms with van der Waals surface area (Å²) >= 11 is 0. The maximum atomic E-state index is 4.94. The number of hydrogen-bond acceptors (Lipinski definition) is 2. The quantitative estimate of drug-likeness (QED) is 0.199. The largest absolute Gasteiger partial charge is 0.296 e. The highest BCUT2D eigenvalue weighted by Gasteiger charge is 2.18. The van der Waals surface area contributed by atoms with Crippen LogP contribution in [0, 0.1) is 0 Å². The molecule has 8 aromatic rings. The van der Waals surface area contributed by atoms with Gasteiger partial charge in [-0.3, -0.25) is 9.55 Å². The van der Waals surface area contributed by atoms with Gasteiger partial charge in [0.05, 0.1) is 11.0 Å². The van der Waals surface area contributed by atoms with Gasteiger partial charge in [0.2, 0.25) is 0 Å². The topological polar surface area (TPSA) is 30.7 Å². The molecule has 0 amide bonds. The van der Waals surface area contributed by atoms with Gasteiger partial charge in [-0.2, -0.15) is 0 Å². The standard InChI is InChI=1S/C40H29N3/c1-2-38-42-36-21-7-8-22-37(36)43(38)31-16-10-14-29(25-31)40-34-19-5-3-17-32(34)39(33-18-4-6-20-35(33)40)28-13-9-12-27(24-28)30-15-11-23-41-26-30/h3-26H,2H2,1H3. The first-order chi connectivity index (χ1) is 21.3. The van der Waals surface area contributed by atoms with Gasteiger partial charge >= 0.3 is 0 Å². The van der Waals surface area contributed by atoms with Gasteiger partial charge in [-0.15, -0.1) is 0 Å². The van der Waals surface area contributed by atoms with Crippen LogP contribution in [0.3, 0.4) is 0 Å². The van der Waals surface area contributed by atoms with Crippen LogP contribution in [-0.2, 0) is 6.42 Å². The fourth-order valence-corrected chi connectivity index (χ4v) is 6.54. The summed E-state index contributed by atoms with van der Waals surface area (Å²) in [5, 5.41) is 4.97. The van der Waals surface area contributed by atoms with Crippen LogP contribution < -0.4 is 0 Å². The number of benzene rings is 6. The van der Waals surface area contributed by atoms with E-state index in [-0.39, 0.29) is 0 Å². The van der Waals surface area contributed by atoms with Crippen LogP contribution in [0.2, 0.25) is 0 Å². The minimum absolute atomic E-state index is 0.859. The Bertz CT molecular complexity index is 2220. The molecule has 0 saturated carbocycles. The van der Waals surface area contributed by atoms with Crippen LogP contribution in [0.25, 0.3) is 71.6 Å². The first kappa shape index (κ1) is 25.2. The van der Waals surface area contributed by atoms with Crippen molar-refractivity contribution < 1.29 is 0 Å². The summed E-state index contributed by atoms with van der Waals surface area (Å²) in [7, 11) is 0. The van der Waals surface area contributed by atoms with Crippen LogP contribution in [0.5, 0.6) is 0 Å². The molecule has 3 nitrogen and oxygen atoms in total. The molecule has 0 spiro atoms. The predicted molar refractivity (Wildman–Crippen MR) is 180 cm³/mol. The molecule has 0 aliphatic rings. The summed E-state index contributed by atoms with van der Waals surface area (Å²) in [5.74, 6) is 1.07. The Kier molecular flexibility index (Phi) is 6.08. The fourth-order valence-electron chi connectivity index (χ4n) is 6.54. The number of pyridine rings is 1. The minimum Gasteiger partial charge on any atom is -0.296 e. The molecule has 6 aromatic carbocycles. The zero-order valence-electron chi connectivity index (χ0n) is 23.9. The Balaban J connectivity index is 1.39. The lowest BCUT2D eigenvalue weighted by atomic mass is 9.85. The second kappa shape index (κ2) is 10.4. The highest BCUT2D eigenvalue weighted by atomic mass is 15.1. The Hall–Kier alpha value is -5.54. The second-order valence-electron chi connectivity index (χ2n) is 10.9. The second-order valence-corrected chi connectivity index (χ2v) is 10.9. The van der Waals surface area contributed by atoms with Gasteiger partial charge < -0.3 is 0 Å². The molecule has 3 heteroatoms. The van der Waals surface area contributed by atoms with Gasteiger partial charge in [0.1, 0.15) is 5.82 Å². The minimum atomic E-state index is 0.859. The van der Waals surface area contributed by atoms with Crippen LogP contribution in [0.1, 0.15) is 12.7 Å². The van der Waals surface area contributed by atoms with E-state index in [0.717, 1.165) is 40.1 Å². The van der Waals surface area contributed by atoms with Gasteiger partial charge in [-0.25, -0.2) is 4.98 Å². The van der Waals surface area contributed by atoms with Crippen LogP contribution >= 0.6 is 0 Å². The average molecular weight is 552 g/mol. The van der Waals surface area contributed by atoms with E-state index in [1.807, 2.05) is 18.5 Å². The number of fused-ring (bicyclic) bond motifs is 3. The van der Waals surface area contributed by atoms with E-state index in [1.165, 1.54) is 43.8 Å². The highest BCUT2D eigenvalue weighted by molar-refractivity contribution is 6.21. The molecule has 0 fully saturated rings. The van der Waals surface area contributed by atoms with Crippen molar-refractivity contribution in [2.24, 2.45) is 0 Å². The molecule has 43 heavy (non-hydrogen) atoms. The van der Waals surface area contributed by atoms with Gasteiger partial charge in [0.25, 0.3) is 0 Å². The summed E-state index contributed by atoms with van der Waals surface area (Å²) in [6.07, 6.45) is 4.61. The van der Waals surface area contributed by atoms with E-state index in [4.69, 9.17) is 4.98 Å². The summed E-state index contributed by atoms with van der Waals surface area (Å²) < 4.78 is 2.31. The van der Waals surface area contributed by atoms with Crippen molar-refractivity contribution in [3.05, 3.63) is 152 Å². The van der Waals surface area contributed by atoms with E-state index < -0.39 is 0 Å². The van der Waals surface area contributed by atoms with E-state index in [0.29, 0.717) is 0 Å². The highest BCUT2D eigenvalue weighted by Crippen LogP contribution is 2.44. The van der Waals surface area contributed by atoms with Crippen LogP contribution in [0.4, 0.5) is 0 Å². The van der Waals surface area contributed by atoms with E-state index in [9.17, 15) is 0 Å². The molecular weight excluding hydrogens is 522 g/mol. The maximum absolute atomic E-state index is 4.94. The van der Waals surface area contributed by atoms with Crippen molar-refractivity contribution in [3.8, 4) is 39.1 Å². The molecule has 0 aliphatic carbocycles. The lowest BCUT2D eigenvalue weighted by Crippen LogP contribution is -2.00. The third kappa shape index (κ3) is 4.21. The van der Waals surface area contributed by atoms with Gasteiger partial charge in [-0.1, -0.05) is 104 Å². The summed E-state index contributed by atoms with van der Waals surface area (Å²) in [6.45, 7) is 2.17. The van der Waals surface area contributed by atoms with Crippen molar-refractivity contribution in [1.82, 2.24) is 14.5 Å². The summed E-state index contributed by atoms with van der Waals surface area (Å²) in [6, 6.07) is 47.9. The zero-order valence-corrected chi connectivity index (χ0v) is 23.9. The molecule has 0 N–H and O–H groups in total. The number of aromatic nitrogens is 3. The fraction of sp³-hybridized carbons (Fsp3) is 0.0500. The molecule has 2 heterocycles. The number of hydrogen-bond donors (Lipinski definition) is 0. The Morgan fingerprint density at radius 1 is 0.535 bits per heavy atom. The smallest absolute Gasteiger partial charge is 0.114 e. The lowest BCUT2D eigenvalue weighted by Gasteiger charge is -2.19. The van der Waals surface area contributed by atoms with Crippen LogP contribution in [0.15, 0.2) is 146 Å².